The predicted octanol–water partition coefficient (Wildman–Crippen LogP) is 3.18. The summed E-state index contributed by atoms with van der Waals surface area (Å²) >= 11 is 0. The summed E-state index contributed by atoms with van der Waals surface area (Å²) in [6.45, 7) is 2.12. The monoisotopic (exact) mass is 458 g/mol. The van der Waals surface area contributed by atoms with Crippen LogP contribution >= 0.6 is 0 Å². The van der Waals surface area contributed by atoms with Crippen LogP contribution in [0, 0.1) is 0 Å². The Labute approximate surface area is 189 Å². The topological polar surface area (TPSA) is 99.8 Å². The number of piperidine rings is 1. The van der Waals surface area contributed by atoms with Crippen molar-refractivity contribution in [3.05, 3.63) is 42.5 Å². The fourth-order valence-corrected chi connectivity index (χ4v) is 5.10. The van der Waals surface area contributed by atoms with E-state index in [-0.39, 0.29) is 23.4 Å². The van der Waals surface area contributed by atoms with E-state index >= 15 is 0 Å². The van der Waals surface area contributed by atoms with Crippen molar-refractivity contribution in [2.45, 2.75) is 43.0 Å². The van der Waals surface area contributed by atoms with E-state index in [9.17, 15) is 13.2 Å². The minimum Gasteiger partial charge on any atom is -0.495 e. The fraction of sp³-hybridized carbons (Fsp3) is 0.435. The molecule has 172 valence electrons. The number of nitrogens with zero attached hydrogens (tertiary/aromatic N) is 1. The number of hydrogen-bond acceptors (Lipinski definition) is 6. The molecule has 1 heterocycles. The number of sulfonamides is 1. The van der Waals surface area contributed by atoms with Crippen molar-refractivity contribution in [3.63, 3.8) is 0 Å². The zero-order valence-corrected chi connectivity index (χ0v) is 19.1. The van der Waals surface area contributed by atoms with Crippen LogP contribution in [0.5, 0.6) is 5.75 Å². The molecule has 1 saturated carbocycles. The van der Waals surface area contributed by atoms with Gasteiger partial charge in [-0.25, -0.2) is 13.1 Å². The molecule has 2 aromatic carbocycles. The first-order chi connectivity index (χ1) is 15.4. The Bertz CT molecular complexity index is 1050. The molecule has 0 bridgehead atoms. The molecule has 0 radical (unpaired) electrons. The molecule has 2 aliphatic rings. The van der Waals surface area contributed by atoms with Crippen molar-refractivity contribution >= 4 is 33.0 Å². The number of amides is 1. The van der Waals surface area contributed by atoms with E-state index in [1.807, 2.05) is 24.3 Å². The van der Waals surface area contributed by atoms with Crippen LogP contribution in [0.4, 0.5) is 17.1 Å². The van der Waals surface area contributed by atoms with Crippen LogP contribution in [-0.2, 0) is 14.8 Å². The van der Waals surface area contributed by atoms with Gasteiger partial charge in [0.1, 0.15) is 5.75 Å². The number of methoxy groups -OCH3 is 1. The summed E-state index contributed by atoms with van der Waals surface area (Å²) < 4.78 is 33.0. The van der Waals surface area contributed by atoms with Crippen LogP contribution in [0.2, 0.25) is 0 Å². The smallest absolute Gasteiger partial charge is 0.243 e. The Kier molecular flexibility index (Phi) is 6.86. The summed E-state index contributed by atoms with van der Waals surface area (Å²) in [7, 11) is -2.09. The van der Waals surface area contributed by atoms with Crippen molar-refractivity contribution in [2.24, 2.45) is 0 Å². The molecule has 0 atom stereocenters. The van der Waals surface area contributed by atoms with E-state index in [2.05, 4.69) is 20.3 Å². The van der Waals surface area contributed by atoms with Crippen LogP contribution in [0.3, 0.4) is 0 Å². The van der Waals surface area contributed by atoms with Crippen molar-refractivity contribution < 1.29 is 17.9 Å². The third-order valence-corrected chi connectivity index (χ3v) is 7.21. The SMILES string of the molecule is COc1ccc(S(=O)(=O)NC2CC2)cc1NCC(=O)Nc1ccc(N2CCCCC2)cc1. The maximum Gasteiger partial charge on any atom is 0.243 e. The number of benzene rings is 2. The fourth-order valence-electron chi connectivity index (χ4n) is 3.77. The molecule has 9 heteroatoms. The molecule has 32 heavy (non-hydrogen) atoms. The summed E-state index contributed by atoms with van der Waals surface area (Å²) in [5.74, 6) is 0.233. The minimum atomic E-state index is -3.60. The highest BCUT2D eigenvalue weighted by Crippen LogP contribution is 2.29. The number of carbonyl (C=O) groups excluding carboxylic acids is 1. The molecule has 2 aromatic rings. The first kappa shape index (κ1) is 22.4. The first-order valence-corrected chi connectivity index (χ1v) is 12.5. The van der Waals surface area contributed by atoms with Gasteiger partial charge in [0.2, 0.25) is 15.9 Å². The molecule has 0 unspecified atom stereocenters. The minimum absolute atomic E-state index is 0.0191. The summed E-state index contributed by atoms with van der Waals surface area (Å²) in [4.78, 5) is 15.0. The van der Waals surface area contributed by atoms with Gasteiger partial charge in [-0.2, -0.15) is 0 Å². The van der Waals surface area contributed by atoms with Gasteiger partial charge in [-0.05, 0) is 74.6 Å². The van der Waals surface area contributed by atoms with E-state index in [0.29, 0.717) is 11.4 Å². The maximum atomic E-state index is 12.5. The van der Waals surface area contributed by atoms with Gasteiger partial charge in [-0.3, -0.25) is 4.79 Å². The average Bonchev–Trinajstić information content (AvgIpc) is 3.62. The lowest BCUT2D eigenvalue weighted by Gasteiger charge is -2.28. The summed E-state index contributed by atoms with van der Waals surface area (Å²) in [5.41, 5.74) is 2.33. The normalized spacial score (nSPS) is 16.5. The molecule has 1 amide bonds. The highest BCUT2D eigenvalue weighted by atomic mass is 32.2. The van der Waals surface area contributed by atoms with Crippen molar-refractivity contribution in [3.8, 4) is 5.75 Å². The van der Waals surface area contributed by atoms with Gasteiger partial charge in [-0.1, -0.05) is 0 Å². The lowest BCUT2D eigenvalue weighted by atomic mass is 10.1. The lowest BCUT2D eigenvalue weighted by Crippen LogP contribution is -2.29. The molecule has 3 N–H and O–H groups in total. The number of ether oxygens (including phenoxy) is 1. The van der Waals surface area contributed by atoms with Crippen LogP contribution in [0.15, 0.2) is 47.4 Å². The molecule has 4 rings (SSSR count). The second-order valence-electron chi connectivity index (χ2n) is 8.25. The summed E-state index contributed by atoms with van der Waals surface area (Å²) in [6, 6.07) is 12.4. The molecule has 1 saturated heterocycles. The number of rotatable bonds is 9. The lowest BCUT2D eigenvalue weighted by molar-refractivity contribution is -0.114. The average molecular weight is 459 g/mol. The zero-order valence-electron chi connectivity index (χ0n) is 18.3. The van der Waals surface area contributed by atoms with Gasteiger partial charge in [0.25, 0.3) is 0 Å². The Morgan fingerprint density at radius 3 is 2.44 bits per heavy atom. The third-order valence-electron chi connectivity index (χ3n) is 5.69. The molecule has 1 aliphatic carbocycles. The standard InChI is InChI=1S/C23H30N4O4S/c1-31-22-12-11-20(32(29,30)26-18-5-6-18)15-21(22)24-16-23(28)25-17-7-9-19(10-8-17)27-13-3-2-4-14-27/h7-12,15,18,24,26H,2-6,13-14,16H2,1H3,(H,25,28). The number of carbonyl (C=O) groups is 1. The zero-order chi connectivity index (χ0) is 22.6. The van der Waals surface area contributed by atoms with Gasteiger partial charge in [-0.15, -0.1) is 0 Å². The van der Waals surface area contributed by atoms with Crippen molar-refractivity contribution in [2.75, 3.05) is 42.3 Å². The number of hydrogen-bond donors (Lipinski definition) is 3. The van der Waals surface area contributed by atoms with E-state index in [1.54, 1.807) is 6.07 Å². The number of anilines is 3. The van der Waals surface area contributed by atoms with Crippen LogP contribution in [0.25, 0.3) is 0 Å². The summed E-state index contributed by atoms with van der Waals surface area (Å²) in [5, 5.41) is 5.86. The van der Waals surface area contributed by atoms with Crippen LogP contribution < -0.4 is 25.0 Å². The third kappa shape index (κ3) is 5.72. The maximum absolute atomic E-state index is 12.5. The molecular formula is C23H30N4O4S. The van der Waals surface area contributed by atoms with E-state index < -0.39 is 10.0 Å². The second kappa shape index (κ2) is 9.79. The van der Waals surface area contributed by atoms with Crippen molar-refractivity contribution in [1.29, 1.82) is 0 Å². The van der Waals surface area contributed by atoms with Gasteiger partial charge in [0, 0.05) is 30.5 Å². The Balaban J connectivity index is 1.36. The molecular weight excluding hydrogens is 428 g/mol. The van der Waals surface area contributed by atoms with Gasteiger partial charge >= 0.3 is 0 Å². The van der Waals surface area contributed by atoms with Crippen LogP contribution in [0.1, 0.15) is 32.1 Å². The van der Waals surface area contributed by atoms with Gasteiger partial charge < -0.3 is 20.3 Å². The first-order valence-electron chi connectivity index (χ1n) is 11.0. The van der Waals surface area contributed by atoms with Gasteiger partial charge in [0.05, 0.1) is 24.2 Å². The predicted molar refractivity (Wildman–Crippen MR) is 126 cm³/mol. The van der Waals surface area contributed by atoms with Crippen molar-refractivity contribution in [1.82, 2.24) is 4.72 Å². The Morgan fingerprint density at radius 2 is 1.78 bits per heavy atom. The Morgan fingerprint density at radius 1 is 1.06 bits per heavy atom. The molecule has 2 fully saturated rings. The second-order valence-corrected chi connectivity index (χ2v) is 9.97. The van der Waals surface area contributed by atoms with Gasteiger partial charge in [0.15, 0.2) is 0 Å². The molecule has 1 aliphatic heterocycles. The number of nitrogens with one attached hydrogen (secondary N) is 3. The van der Waals surface area contributed by atoms with E-state index in [0.717, 1.165) is 31.6 Å². The quantitative estimate of drug-likeness (QED) is 0.534. The van der Waals surface area contributed by atoms with Crippen LogP contribution in [-0.4, -0.2) is 47.1 Å². The largest absolute Gasteiger partial charge is 0.495 e. The summed E-state index contributed by atoms with van der Waals surface area (Å²) in [6.07, 6.45) is 5.44. The van der Waals surface area contributed by atoms with E-state index in [4.69, 9.17) is 4.74 Å². The Hall–Kier alpha value is -2.78. The van der Waals surface area contributed by atoms with E-state index in [1.165, 1.54) is 44.2 Å². The molecule has 0 spiro atoms. The highest BCUT2D eigenvalue weighted by molar-refractivity contribution is 7.89. The molecule has 0 aromatic heterocycles. The molecule has 8 nitrogen and oxygen atoms in total. The highest BCUT2D eigenvalue weighted by Gasteiger charge is 2.28.